The molecular weight excluding hydrogens is 255 g/mol. The van der Waals surface area contributed by atoms with Gasteiger partial charge in [-0.15, -0.1) is 0 Å². The van der Waals surface area contributed by atoms with Crippen molar-refractivity contribution in [2.45, 2.75) is 31.5 Å². The van der Waals surface area contributed by atoms with Crippen LogP contribution in [0.1, 0.15) is 18.9 Å². The van der Waals surface area contributed by atoms with Crippen molar-refractivity contribution in [3.05, 3.63) is 35.4 Å². The average Bonchev–Trinajstić information content (AvgIpc) is 2.35. The lowest BCUT2D eigenvalue weighted by atomic mass is 9.91. The van der Waals surface area contributed by atoms with Gasteiger partial charge in [-0.3, -0.25) is 0 Å². The van der Waals surface area contributed by atoms with Gasteiger partial charge in [-0.1, -0.05) is 12.1 Å². The molecule has 1 aromatic carbocycles. The molecule has 1 aromatic rings. The molecule has 0 aromatic heterocycles. The van der Waals surface area contributed by atoms with E-state index in [4.69, 9.17) is 4.74 Å². The lowest BCUT2D eigenvalue weighted by Crippen LogP contribution is -2.45. The Hall–Kier alpha value is -1.07. The molecule has 19 heavy (non-hydrogen) atoms. The summed E-state index contributed by atoms with van der Waals surface area (Å²) in [6.07, 6.45) is 0.0672. The van der Waals surface area contributed by atoms with Gasteiger partial charge in [-0.05, 0) is 25.0 Å². The largest absolute Gasteiger partial charge is 0.379 e. The van der Waals surface area contributed by atoms with Crippen molar-refractivity contribution in [1.29, 1.82) is 0 Å². The molecule has 0 spiro atoms. The average molecular weight is 273 g/mol. The minimum Gasteiger partial charge on any atom is -0.379 e. The molecule has 5 heteroatoms. The third kappa shape index (κ3) is 3.94. The van der Waals surface area contributed by atoms with Gasteiger partial charge < -0.3 is 10.1 Å². The summed E-state index contributed by atoms with van der Waals surface area (Å²) in [5.74, 6) is -1.90. The molecule has 2 atom stereocenters. The number of nitrogens with one attached hydrogen (secondary N) is 1. The van der Waals surface area contributed by atoms with Crippen LogP contribution in [0.3, 0.4) is 0 Å². The third-order valence-corrected chi connectivity index (χ3v) is 3.26. The molecule has 2 unspecified atom stereocenters. The van der Waals surface area contributed by atoms with Gasteiger partial charge in [-0.25, -0.2) is 13.2 Å². The van der Waals surface area contributed by atoms with E-state index in [0.717, 1.165) is 6.07 Å². The van der Waals surface area contributed by atoms with Crippen LogP contribution in [0.15, 0.2) is 18.2 Å². The van der Waals surface area contributed by atoms with E-state index in [1.807, 2.05) is 0 Å². The molecular formula is C14H18F3NO. The number of ether oxygens (including phenoxy) is 1. The summed E-state index contributed by atoms with van der Waals surface area (Å²) < 4.78 is 46.4. The molecule has 1 aliphatic rings. The maximum Gasteiger partial charge on any atom is 0.162 e. The smallest absolute Gasteiger partial charge is 0.162 e. The molecule has 2 rings (SSSR count). The first-order valence-corrected chi connectivity index (χ1v) is 6.41. The standard InChI is InChI=1S/C14H18F3NO/c1-14(17,8-11-9-19-6-5-18-11)7-10-3-2-4-12(15)13(10)16/h2-4,11,18H,5-9H2,1H3. The van der Waals surface area contributed by atoms with E-state index >= 15 is 0 Å². The second-order valence-electron chi connectivity index (χ2n) is 5.23. The number of halogens is 3. The van der Waals surface area contributed by atoms with E-state index in [-0.39, 0.29) is 24.4 Å². The van der Waals surface area contributed by atoms with Crippen LogP contribution >= 0.6 is 0 Å². The molecule has 2 nitrogen and oxygen atoms in total. The Morgan fingerprint density at radius 1 is 1.42 bits per heavy atom. The van der Waals surface area contributed by atoms with Crippen molar-refractivity contribution in [1.82, 2.24) is 5.32 Å². The Morgan fingerprint density at radius 3 is 2.89 bits per heavy atom. The zero-order valence-corrected chi connectivity index (χ0v) is 10.9. The van der Waals surface area contributed by atoms with Gasteiger partial charge in [0, 0.05) is 19.0 Å². The predicted octanol–water partition coefficient (Wildman–Crippen LogP) is 2.61. The fourth-order valence-corrected chi connectivity index (χ4v) is 2.42. The SMILES string of the molecule is CC(F)(Cc1cccc(F)c1F)CC1COCCN1. The number of benzene rings is 1. The Balaban J connectivity index is 2.01. The zero-order chi connectivity index (χ0) is 13.9. The lowest BCUT2D eigenvalue weighted by Gasteiger charge is -2.30. The first-order valence-electron chi connectivity index (χ1n) is 6.41. The second-order valence-corrected chi connectivity index (χ2v) is 5.23. The van der Waals surface area contributed by atoms with Crippen LogP contribution in [-0.2, 0) is 11.2 Å². The first-order chi connectivity index (χ1) is 8.98. The van der Waals surface area contributed by atoms with Gasteiger partial charge in [0.2, 0.25) is 0 Å². The molecule has 0 radical (unpaired) electrons. The summed E-state index contributed by atoms with van der Waals surface area (Å²) in [6, 6.07) is 3.76. The van der Waals surface area contributed by atoms with E-state index in [1.54, 1.807) is 0 Å². The van der Waals surface area contributed by atoms with Crippen LogP contribution in [-0.4, -0.2) is 31.5 Å². The normalized spacial score (nSPS) is 23.1. The molecule has 1 fully saturated rings. The fourth-order valence-electron chi connectivity index (χ4n) is 2.42. The summed E-state index contributed by atoms with van der Waals surface area (Å²) in [5.41, 5.74) is -1.53. The highest BCUT2D eigenvalue weighted by atomic mass is 19.2. The number of hydrogen-bond acceptors (Lipinski definition) is 2. The molecule has 1 heterocycles. The van der Waals surface area contributed by atoms with Crippen molar-refractivity contribution < 1.29 is 17.9 Å². The number of rotatable bonds is 4. The van der Waals surface area contributed by atoms with Crippen molar-refractivity contribution in [2.75, 3.05) is 19.8 Å². The van der Waals surface area contributed by atoms with Gasteiger partial charge in [0.15, 0.2) is 11.6 Å². The maximum atomic E-state index is 14.5. The summed E-state index contributed by atoms with van der Waals surface area (Å²) in [6.45, 7) is 3.17. The van der Waals surface area contributed by atoms with E-state index < -0.39 is 17.3 Å². The van der Waals surface area contributed by atoms with Gasteiger partial charge in [0.25, 0.3) is 0 Å². The monoisotopic (exact) mass is 273 g/mol. The second kappa shape index (κ2) is 5.92. The minimum atomic E-state index is -1.60. The molecule has 0 saturated carbocycles. The first kappa shape index (κ1) is 14.3. The molecule has 106 valence electrons. The molecule has 0 bridgehead atoms. The number of morpholine rings is 1. The Morgan fingerprint density at radius 2 is 2.21 bits per heavy atom. The Bertz CT molecular complexity index is 431. The van der Waals surface area contributed by atoms with Crippen molar-refractivity contribution in [3.63, 3.8) is 0 Å². The van der Waals surface area contributed by atoms with E-state index in [0.29, 0.717) is 19.8 Å². The lowest BCUT2D eigenvalue weighted by molar-refractivity contribution is 0.0481. The highest BCUT2D eigenvalue weighted by molar-refractivity contribution is 5.20. The van der Waals surface area contributed by atoms with E-state index in [9.17, 15) is 13.2 Å². The summed E-state index contributed by atoms with van der Waals surface area (Å²) in [7, 11) is 0. The number of hydrogen-bond donors (Lipinski definition) is 1. The highest BCUT2D eigenvalue weighted by Gasteiger charge is 2.30. The molecule has 1 saturated heterocycles. The van der Waals surface area contributed by atoms with Gasteiger partial charge in [0.1, 0.15) is 5.67 Å². The van der Waals surface area contributed by atoms with Crippen LogP contribution in [0.5, 0.6) is 0 Å². The van der Waals surface area contributed by atoms with Crippen LogP contribution in [0.4, 0.5) is 13.2 Å². The fraction of sp³-hybridized carbons (Fsp3) is 0.571. The van der Waals surface area contributed by atoms with E-state index in [1.165, 1.54) is 19.1 Å². The molecule has 1 N–H and O–H groups in total. The van der Waals surface area contributed by atoms with Crippen LogP contribution in [0.2, 0.25) is 0 Å². The Kier molecular flexibility index (Phi) is 4.47. The zero-order valence-electron chi connectivity index (χ0n) is 10.9. The molecule has 0 amide bonds. The minimum absolute atomic E-state index is 0.0710. The van der Waals surface area contributed by atoms with Gasteiger partial charge in [-0.2, -0.15) is 0 Å². The van der Waals surface area contributed by atoms with Crippen LogP contribution < -0.4 is 5.32 Å². The van der Waals surface area contributed by atoms with E-state index in [2.05, 4.69) is 5.32 Å². The topological polar surface area (TPSA) is 21.3 Å². The Labute approximate surface area is 111 Å². The molecule has 1 aliphatic heterocycles. The van der Waals surface area contributed by atoms with Crippen molar-refractivity contribution >= 4 is 0 Å². The van der Waals surface area contributed by atoms with Gasteiger partial charge >= 0.3 is 0 Å². The molecule has 0 aliphatic carbocycles. The predicted molar refractivity (Wildman–Crippen MR) is 66.8 cm³/mol. The maximum absolute atomic E-state index is 14.5. The van der Waals surface area contributed by atoms with Crippen LogP contribution in [0.25, 0.3) is 0 Å². The van der Waals surface area contributed by atoms with Gasteiger partial charge in [0.05, 0.1) is 13.2 Å². The summed E-state index contributed by atoms with van der Waals surface area (Å²) in [5, 5.41) is 3.15. The van der Waals surface area contributed by atoms with Crippen molar-refractivity contribution in [2.24, 2.45) is 0 Å². The summed E-state index contributed by atoms with van der Waals surface area (Å²) >= 11 is 0. The third-order valence-electron chi connectivity index (χ3n) is 3.26. The van der Waals surface area contributed by atoms with Crippen LogP contribution in [0, 0.1) is 11.6 Å². The number of alkyl halides is 1. The summed E-state index contributed by atoms with van der Waals surface area (Å²) in [4.78, 5) is 0. The highest BCUT2D eigenvalue weighted by Crippen LogP contribution is 2.26. The quantitative estimate of drug-likeness (QED) is 0.910. The van der Waals surface area contributed by atoms with Crippen molar-refractivity contribution in [3.8, 4) is 0 Å².